The molecule has 0 saturated heterocycles. The van der Waals surface area contributed by atoms with E-state index in [9.17, 15) is 5.11 Å². The van der Waals surface area contributed by atoms with Gasteiger partial charge in [0.1, 0.15) is 0 Å². The van der Waals surface area contributed by atoms with Crippen LogP contribution in [-0.2, 0) is 6.54 Å². The molecular formula is C11H21N3OS. The first-order valence-electron chi connectivity index (χ1n) is 5.45. The second-order valence-electron chi connectivity index (χ2n) is 4.29. The Kier molecular flexibility index (Phi) is 5.34. The van der Waals surface area contributed by atoms with Crippen molar-refractivity contribution >= 4 is 11.3 Å². The van der Waals surface area contributed by atoms with E-state index in [1.54, 1.807) is 11.3 Å². The summed E-state index contributed by atoms with van der Waals surface area (Å²) in [5.74, 6) is 0. The van der Waals surface area contributed by atoms with E-state index in [-0.39, 0.29) is 6.10 Å². The van der Waals surface area contributed by atoms with Crippen molar-refractivity contribution < 1.29 is 5.11 Å². The number of rotatable bonds is 6. The molecule has 0 bridgehead atoms. The van der Waals surface area contributed by atoms with Crippen LogP contribution >= 0.6 is 11.3 Å². The van der Waals surface area contributed by atoms with Gasteiger partial charge < -0.3 is 15.3 Å². The topological polar surface area (TPSA) is 48.4 Å². The lowest BCUT2D eigenvalue weighted by atomic mass is 10.3. The zero-order valence-corrected chi connectivity index (χ0v) is 11.3. The number of hydrogen-bond acceptors (Lipinski definition) is 5. The van der Waals surface area contributed by atoms with E-state index in [1.807, 2.05) is 32.8 Å². The second-order valence-corrected chi connectivity index (χ2v) is 5.58. The molecule has 1 heterocycles. The lowest BCUT2D eigenvalue weighted by molar-refractivity contribution is 0.134. The van der Waals surface area contributed by atoms with Crippen molar-refractivity contribution in [1.82, 2.24) is 15.2 Å². The van der Waals surface area contributed by atoms with E-state index in [2.05, 4.69) is 10.3 Å². The van der Waals surface area contributed by atoms with Crippen LogP contribution in [0.2, 0.25) is 0 Å². The van der Waals surface area contributed by atoms with E-state index in [0.717, 1.165) is 17.2 Å². The molecule has 1 rings (SSSR count). The SMILES string of the molecule is Cc1nc(C)c(CNCC(O)CN(C)C)s1. The van der Waals surface area contributed by atoms with E-state index < -0.39 is 0 Å². The Balaban J connectivity index is 2.27. The molecule has 2 N–H and O–H groups in total. The molecule has 16 heavy (non-hydrogen) atoms. The van der Waals surface area contributed by atoms with Gasteiger partial charge in [0.25, 0.3) is 0 Å². The number of aryl methyl sites for hydroxylation is 2. The minimum Gasteiger partial charge on any atom is -0.390 e. The Hall–Kier alpha value is -0.490. The zero-order valence-electron chi connectivity index (χ0n) is 10.4. The third-order valence-electron chi connectivity index (χ3n) is 2.24. The molecular weight excluding hydrogens is 222 g/mol. The molecule has 4 nitrogen and oxygen atoms in total. The van der Waals surface area contributed by atoms with Crippen molar-refractivity contribution in [3.63, 3.8) is 0 Å². The number of hydrogen-bond donors (Lipinski definition) is 2. The molecule has 1 atom stereocenters. The van der Waals surface area contributed by atoms with Gasteiger partial charge in [-0.2, -0.15) is 0 Å². The first-order chi connectivity index (χ1) is 7.49. The fraction of sp³-hybridized carbons (Fsp3) is 0.727. The Morgan fingerprint density at radius 1 is 1.44 bits per heavy atom. The summed E-state index contributed by atoms with van der Waals surface area (Å²) in [4.78, 5) is 7.60. The molecule has 0 aliphatic rings. The van der Waals surface area contributed by atoms with Gasteiger partial charge in [0, 0.05) is 24.5 Å². The number of aromatic nitrogens is 1. The molecule has 92 valence electrons. The van der Waals surface area contributed by atoms with Crippen LogP contribution in [0, 0.1) is 13.8 Å². The summed E-state index contributed by atoms with van der Waals surface area (Å²) in [5, 5.41) is 14.0. The van der Waals surface area contributed by atoms with Crippen LogP contribution in [0.5, 0.6) is 0 Å². The van der Waals surface area contributed by atoms with Crippen LogP contribution in [0.15, 0.2) is 0 Å². The maximum atomic E-state index is 9.66. The van der Waals surface area contributed by atoms with Crippen molar-refractivity contribution in [3.05, 3.63) is 15.6 Å². The molecule has 1 aromatic rings. The van der Waals surface area contributed by atoms with E-state index in [0.29, 0.717) is 13.1 Å². The highest BCUT2D eigenvalue weighted by molar-refractivity contribution is 7.11. The predicted octanol–water partition coefficient (Wildman–Crippen LogP) is 0.772. The molecule has 0 fully saturated rings. The summed E-state index contributed by atoms with van der Waals surface area (Å²) in [7, 11) is 3.92. The lowest BCUT2D eigenvalue weighted by Crippen LogP contribution is -2.34. The van der Waals surface area contributed by atoms with Crippen molar-refractivity contribution in [2.24, 2.45) is 0 Å². The van der Waals surface area contributed by atoms with Crippen LogP contribution in [0.3, 0.4) is 0 Å². The lowest BCUT2D eigenvalue weighted by Gasteiger charge is -2.16. The summed E-state index contributed by atoms with van der Waals surface area (Å²) in [6.07, 6.45) is -0.315. The first kappa shape index (κ1) is 13.6. The Labute approximate surface area is 101 Å². The average molecular weight is 243 g/mol. The molecule has 0 spiro atoms. The molecule has 1 unspecified atom stereocenters. The van der Waals surface area contributed by atoms with Gasteiger partial charge in [0.15, 0.2) is 0 Å². The summed E-state index contributed by atoms with van der Waals surface area (Å²) in [6, 6.07) is 0. The second kappa shape index (κ2) is 6.30. The largest absolute Gasteiger partial charge is 0.390 e. The molecule has 0 aliphatic carbocycles. The highest BCUT2D eigenvalue weighted by Gasteiger charge is 2.07. The van der Waals surface area contributed by atoms with Crippen molar-refractivity contribution in [3.8, 4) is 0 Å². The third-order valence-corrected chi connectivity index (χ3v) is 3.31. The Morgan fingerprint density at radius 3 is 2.62 bits per heavy atom. The number of thiazole rings is 1. The molecule has 0 aromatic carbocycles. The zero-order chi connectivity index (χ0) is 12.1. The number of aliphatic hydroxyl groups is 1. The summed E-state index contributed by atoms with van der Waals surface area (Å²) < 4.78 is 0. The van der Waals surface area contributed by atoms with E-state index in [1.165, 1.54) is 4.88 Å². The minimum atomic E-state index is -0.315. The van der Waals surface area contributed by atoms with Gasteiger partial charge in [-0.15, -0.1) is 11.3 Å². The van der Waals surface area contributed by atoms with Gasteiger partial charge >= 0.3 is 0 Å². The molecule has 0 amide bonds. The first-order valence-corrected chi connectivity index (χ1v) is 6.27. The fourth-order valence-electron chi connectivity index (χ4n) is 1.58. The van der Waals surface area contributed by atoms with Crippen molar-refractivity contribution in [2.45, 2.75) is 26.5 Å². The van der Waals surface area contributed by atoms with Crippen LogP contribution in [0.4, 0.5) is 0 Å². The fourth-order valence-corrected chi connectivity index (χ4v) is 2.48. The Morgan fingerprint density at radius 2 is 2.12 bits per heavy atom. The molecule has 5 heteroatoms. The smallest absolute Gasteiger partial charge is 0.0900 e. The standard InChI is InChI=1S/C11H21N3OS/c1-8-11(16-9(2)13-8)6-12-5-10(15)7-14(3)4/h10,12,15H,5-7H2,1-4H3. The van der Waals surface area contributed by atoms with Gasteiger partial charge in [-0.3, -0.25) is 0 Å². The minimum absolute atomic E-state index is 0.315. The summed E-state index contributed by atoms with van der Waals surface area (Å²) >= 11 is 1.71. The van der Waals surface area contributed by atoms with Crippen LogP contribution in [0.25, 0.3) is 0 Å². The van der Waals surface area contributed by atoms with Crippen LogP contribution in [0.1, 0.15) is 15.6 Å². The molecule has 1 aromatic heterocycles. The Bertz CT molecular complexity index is 325. The predicted molar refractivity (Wildman–Crippen MR) is 67.9 cm³/mol. The van der Waals surface area contributed by atoms with Gasteiger partial charge in [0.05, 0.1) is 16.8 Å². The van der Waals surface area contributed by atoms with Crippen molar-refractivity contribution in [2.75, 3.05) is 27.2 Å². The quantitative estimate of drug-likeness (QED) is 0.775. The maximum Gasteiger partial charge on any atom is 0.0900 e. The highest BCUT2D eigenvalue weighted by atomic mass is 32.1. The van der Waals surface area contributed by atoms with Crippen LogP contribution < -0.4 is 5.32 Å². The summed E-state index contributed by atoms with van der Waals surface area (Å²) in [5.41, 5.74) is 1.09. The number of likely N-dealkylation sites (N-methyl/N-ethyl adjacent to an activating group) is 1. The number of nitrogens with one attached hydrogen (secondary N) is 1. The van der Waals surface area contributed by atoms with Gasteiger partial charge in [-0.05, 0) is 27.9 Å². The molecule has 0 radical (unpaired) electrons. The molecule has 0 aliphatic heterocycles. The monoisotopic (exact) mass is 243 g/mol. The normalized spacial score (nSPS) is 13.4. The summed E-state index contributed by atoms with van der Waals surface area (Å²) in [6.45, 7) is 6.14. The van der Waals surface area contributed by atoms with Gasteiger partial charge in [-0.1, -0.05) is 0 Å². The molecule has 0 saturated carbocycles. The van der Waals surface area contributed by atoms with Crippen molar-refractivity contribution in [1.29, 1.82) is 0 Å². The third kappa shape index (κ3) is 4.57. The number of aliphatic hydroxyl groups excluding tert-OH is 1. The van der Waals surface area contributed by atoms with E-state index in [4.69, 9.17) is 0 Å². The van der Waals surface area contributed by atoms with Gasteiger partial charge in [0.2, 0.25) is 0 Å². The number of nitrogens with zero attached hydrogens (tertiary/aromatic N) is 2. The van der Waals surface area contributed by atoms with Gasteiger partial charge in [-0.25, -0.2) is 4.98 Å². The highest BCUT2D eigenvalue weighted by Crippen LogP contribution is 2.16. The van der Waals surface area contributed by atoms with Crippen LogP contribution in [-0.4, -0.2) is 48.3 Å². The maximum absolute atomic E-state index is 9.66. The van der Waals surface area contributed by atoms with E-state index >= 15 is 0 Å². The average Bonchev–Trinajstić information content (AvgIpc) is 2.44.